The molecule has 1 unspecified atom stereocenters. The normalized spacial score (nSPS) is 26.4. The van der Waals surface area contributed by atoms with Crippen LogP contribution in [0.3, 0.4) is 0 Å². The van der Waals surface area contributed by atoms with Gasteiger partial charge in [-0.15, -0.1) is 0 Å². The van der Waals surface area contributed by atoms with Crippen LogP contribution in [-0.2, 0) is 4.74 Å². The Morgan fingerprint density at radius 2 is 2.00 bits per heavy atom. The molecule has 1 heterocycles. The van der Waals surface area contributed by atoms with Crippen molar-refractivity contribution in [3.8, 4) is 0 Å². The highest BCUT2D eigenvalue weighted by molar-refractivity contribution is 4.93. The molecule has 1 saturated heterocycles. The fourth-order valence-corrected chi connectivity index (χ4v) is 3.74. The van der Waals surface area contributed by atoms with Crippen molar-refractivity contribution in [1.82, 2.24) is 10.2 Å². The van der Waals surface area contributed by atoms with Crippen LogP contribution in [0, 0.1) is 0 Å². The monoisotopic (exact) mass is 268 g/mol. The van der Waals surface area contributed by atoms with Gasteiger partial charge in [-0.25, -0.2) is 0 Å². The summed E-state index contributed by atoms with van der Waals surface area (Å²) in [6.07, 6.45) is 9.02. The van der Waals surface area contributed by atoms with Gasteiger partial charge in [0, 0.05) is 25.7 Å². The van der Waals surface area contributed by atoms with Gasteiger partial charge in [-0.2, -0.15) is 0 Å². The first-order valence-electron chi connectivity index (χ1n) is 8.38. The van der Waals surface area contributed by atoms with E-state index in [4.69, 9.17) is 4.74 Å². The van der Waals surface area contributed by atoms with E-state index in [1.54, 1.807) is 0 Å². The predicted octanol–water partition coefficient (Wildman–Crippen LogP) is 2.80. The third-order valence-electron chi connectivity index (χ3n) is 4.86. The molecule has 1 saturated carbocycles. The first-order valence-corrected chi connectivity index (χ1v) is 8.38. The zero-order valence-electron chi connectivity index (χ0n) is 12.9. The van der Waals surface area contributed by atoms with Crippen molar-refractivity contribution in [2.45, 2.75) is 70.4 Å². The molecule has 1 N–H and O–H groups in total. The van der Waals surface area contributed by atoms with Crippen molar-refractivity contribution < 1.29 is 4.74 Å². The Balaban J connectivity index is 1.68. The number of rotatable bonds is 7. The number of nitrogens with zero attached hydrogens (tertiary/aromatic N) is 1. The highest BCUT2D eigenvalue weighted by Gasteiger charge is 2.39. The molecule has 2 aliphatic rings. The Labute approximate surface area is 119 Å². The molecular formula is C16H32N2O. The molecule has 1 aliphatic heterocycles. The van der Waals surface area contributed by atoms with Crippen LogP contribution < -0.4 is 5.32 Å². The van der Waals surface area contributed by atoms with Crippen molar-refractivity contribution in [2.24, 2.45) is 0 Å². The fourth-order valence-electron chi connectivity index (χ4n) is 3.74. The molecular weight excluding hydrogens is 236 g/mol. The number of ether oxygens (including phenoxy) is 1. The van der Waals surface area contributed by atoms with Gasteiger partial charge >= 0.3 is 0 Å². The Hall–Kier alpha value is -0.120. The van der Waals surface area contributed by atoms with Crippen molar-refractivity contribution in [3.63, 3.8) is 0 Å². The van der Waals surface area contributed by atoms with Crippen molar-refractivity contribution in [3.05, 3.63) is 0 Å². The first-order chi connectivity index (χ1) is 9.28. The van der Waals surface area contributed by atoms with Gasteiger partial charge in [0.25, 0.3) is 0 Å². The lowest BCUT2D eigenvalue weighted by Gasteiger charge is -2.39. The minimum Gasteiger partial charge on any atom is -0.375 e. The average Bonchev–Trinajstić information content (AvgIpc) is 2.86. The molecule has 1 atom stereocenters. The van der Waals surface area contributed by atoms with Gasteiger partial charge in [-0.1, -0.05) is 26.7 Å². The average molecular weight is 268 g/mol. The summed E-state index contributed by atoms with van der Waals surface area (Å²) < 4.78 is 6.09. The molecule has 2 rings (SSSR count). The van der Waals surface area contributed by atoms with Crippen LogP contribution in [0.25, 0.3) is 0 Å². The van der Waals surface area contributed by atoms with E-state index < -0.39 is 0 Å². The third kappa shape index (κ3) is 4.44. The maximum Gasteiger partial charge on any atom is 0.0697 e. The lowest BCUT2D eigenvalue weighted by atomic mass is 9.89. The number of nitrogens with one attached hydrogen (secondary N) is 1. The van der Waals surface area contributed by atoms with Gasteiger partial charge < -0.3 is 15.0 Å². The molecule has 19 heavy (non-hydrogen) atoms. The van der Waals surface area contributed by atoms with Crippen LogP contribution in [0.5, 0.6) is 0 Å². The van der Waals surface area contributed by atoms with E-state index in [-0.39, 0.29) is 5.60 Å². The quantitative estimate of drug-likeness (QED) is 0.768. The molecule has 0 bridgehead atoms. The minimum atomic E-state index is 0.254. The van der Waals surface area contributed by atoms with Gasteiger partial charge in [-0.05, 0) is 45.2 Å². The topological polar surface area (TPSA) is 24.5 Å². The number of likely N-dealkylation sites (N-methyl/N-ethyl adjacent to an activating group) is 1. The summed E-state index contributed by atoms with van der Waals surface area (Å²) in [5.74, 6) is 0. The van der Waals surface area contributed by atoms with Crippen LogP contribution >= 0.6 is 0 Å². The predicted molar refractivity (Wildman–Crippen MR) is 80.6 cm³/mol. The van der Waals surface area contributed by atoms with E-state index in [2.05, 4.69) is 24.1 Å². The van der Waals surface area contributed by atoms with Gasteiger partial charge in [0.2, 0.25) is 0 Å². The lowest BCUT2D eigenvalue weighted by Crippen LogP contribution is -2.47. The number of hydrogen-bond donors (Lipinski definition) is 1. The van der Waals surface area contributed by atoms with Crippen LogP contribution in [0.4, 0.5) is 0 Å². The molecule has 3 heteroatoms. The Morgan fingerprint density at radius 1 is 1.21 bits per heavy atom. The molecule has 0 amide bonds. The first kappa shape index (κ1) is 15.3. The molecule has 112 valence electrons. The zero-order valence-corrected chi connectivity index (χ0v) is 12.9. The molecule has 0 aromatic heterocycles. The molecule has 1 aliphatic carbocycles. The minimum absolute atomic E-state index is 0.254. The largest absolute Gasteiger partial charge is 0.375 e. The Morgan fingerprint density at radius 3 is 2.68 bits per heavy atom. The highest BCUT2D eigenvalue weighted by Crippen LogP contribution is 2.39. The van der Waals surface area contributed by atoms with Gasteiger partial charge in [0.15, 0.2) is 0 Å². The standard InChI is InChI=1S/C16H32N2O/c1-3-11-18(4-2)12-10-17-15-7-13-19-16(14-15)8-5-6-9-16/h15,17H,3-14H2,1-2H3. The van der Waals surface area contributed by atoms with Crippen LogP contribution in [-0.4, -0.2) is 49.3 Å². The van der Waals surface area contributed by atoms with E-state index in [0.29, 0.717) is 6.04 Å². The molecule has 1 spiro atoms. The van der Waals surface area contributed by atoms with E-state index in [0.717, 1.165) is 13.2 Å². The maximum absolute atomic E-state index is 6.09. The fraction of sp³-hybridized carbons (Fsp3) is 1.00. The van der Waals surface area contributed by atoms with E-state index in [1.807, 2.05) is 0 Å². The second kappa shape index (κ2) is 7.61. The molecule has 0 aromatic carbocycles. The van der Waals surface area contributed by atoms with Crippen molar-refractivity contribution in [2.75, 3.05) is 32.8 Å². The summed E-state index contributed by atoms with van der Waals surface area (Å²) >= 11 is 0. The third-order valence-corrected chi connectivity index (χ3v) is 4.86. The highest BCUT2D eigenvalue weighted by atomic mass is 16.5. The maximum atomic E-state index is 6.09. The van der Waals surface area contributed by atoms with Crippen molar-refractivity contribution in [1.29, 1.82) is 0 Å². The van der Waals surface area contributed by atoms with Crippen LogP contribution in [0.15, 0.2) is 0 Å². The van der Waals surface area contributed by atoms with E-state index in [9.17, 15) is 0 Å². The van der Waals surface area contributed by atoms with Gasteiger partial charge in [0.05, 0.1) is 5.60 Å². The van der Waals surface area contributed by atoms with Gasteiger partial charge in [-0.3, -0.25) is 0 Å². The SMILES string of the molecule is CCCN(CC)CCNC1CCOC2(CCCC2)C1. The summed E-state index contributed by atoms with van der Waals surface area (Å²) in [5.41, 5.74) is 0.254. The summed E-state index contributed by atoms with van der Waals surface area (Å²) in [5, 5.41) is 3.77. The zero-order chi connectivity index (χ0) is 13.6. The van der Waals surface area contributed by atoms with E-state index in [1.165, 1.54) is 64.6 Å². The summed E-state index contributed by atoms with van der Waals surface area (Å²) in [6.45, 7) is 10.2. The summed E-state index contributed by atoms with van der Waals surface area (Å²) in [4.78, 5) is 2.54. The second-order valence-electron chi connectivity index (χ2n) is 6.32. The Bertz CT molecular complexity index is 251. The molecule has 0 radical (unpaired) electrons. The summed E-state index contributed by atoms with van der Waals surface area (Å²) in [7, 11) is 0. The van der Waals surface area contributed by atoms with Crippen molar-refractivity contribution >= 4 is 0 Å². The summed E-state index contributed by atoms with van der Waals surface area (Å²) in [6, 6.07) is 0.687. The molecule has 0 aromatic rings. The van der Waals surface area contributed by atoms with E-state index >= 15 is 0 Å². The smallest absolute Gasteiger partial charge is 0.0697 e. The van der Waals surface area contributed by atoms with Gasteiger partial charge in [0.1, 0.15) is 0 Å². The van der Waals surface area contributed by atoms with Crippen LogP contribution in [0.1, 0.15) is 58.8 Å². The lowest BCUT2D eigenvalue weighted by molar-refractivity contribution is -0.0836. The molecule has 2 fully saturated rings. The van der Waals surface area contributed by atoms with Crippen LogP contribution in [0.2, 0.25) is 0 Å². The second-order valence-corrected chi connectivity index (χ2v) is 6.32. The molecule has 3 nitrogen and oxygen atoms in total. The number of hydrogen-bond acceptors (Lipinski definition) is 3. The Kier molecular flexibility index (Phi) is 6.11.